The summed E-state index contributed by atoms with van der Waals surface area (Å²) < 4.78 is 27.7. The van der Waals surface area contributed by atoms with Crippen molar-refractivity contribution in [3.63, 3.8) is 0 Å². The van der Waals surface area contributed by atoms with Crippen molar-refractivity contribution >= 4 is 11.7 Å². The first-order valence-corrected chi connectivity index (χ1v) is 12.1. The van der Waals surface area contributed by atoms with Crippen LogP contribution in [0.4, 0.5) is 19.3 Å². The molecule has 2 aliphatic rings. The van der Waals surface area contributed by atoms with Crippen molar-refractivity contribution < 1.29 is 18.7 Å². The van der Waals surface area contributed by atoms with E-state index < -0.39 is 17.7 Å². The minimum absolute atomic E-state index is 0.00810. The first-order valence-electron chi connectivity index (χ1n) is 12.1. The third-order valence-electron chi connectivity index (χ3n) is 7.23. The first kappa shape index (κ1) is 23.5. The van der Waals surface area contributed by atoms with Gasteiger partial charge in [0.25, 0.3) is 0 Å². The number of carbonyl (C=O) groups is 1. The summed E-state index contributed by atoms with van der Waals surface area (Å²) >= 11 is 0. The van der Waals surface area contributed by atoms with Crippen LogP contribution in [0.3, 0.4) is 0 Å². The molecule has 0 radical (unpaired) electrons. The summed E-state index contributed by atoms with van der Waals surface area (Å²) in [5.41, 5.74) is 3.24. The molecule has 2 N–H and O–H groups in total. The van der Waals surface area contributed by atoms with Gasteiger partial charge in [-0.2, -0.15) is 0 Å². The zero-order chi connectivity index (χ0) is 24.4. The molecule has 2 fully saturated rings. The SMILES string of the molecule is O=C(Nc1cc(F)ccc1F)N1CCCCN2[C@H](CO)[C@@H](c3ccc(-c4ccccc4)cc3)[C@@H]2C1. The van der Waals surface area contributed by atoms with Crippen LogP contribution in [0.1, 0.15) is 24.3 Å². The molecule has 2 aliphatic heterocycles. The van der Waals surface area contributed by atoms with Crippen molar-refractivity contribution in [1.29, 1.82) is 0 Å². The number of hydrogen-bond donors (Lipinski definition) is 2. The fraction of sp³-hybridized carbons (Fsp3) is 0.321. The standard InChI is InChI=1S/C28H29F2N3O2/c29-22-12-13-23(30)24(16-22)31-28(35)32-14-4-5-15-33-25(17-32)27(26(33)18-34)21-10-8-20(9-11-21)19-6-2-1-3-7-19/h1-3,6-13,16,25-27,34H,4-5,14-15,17-18H2,(H,31,35)/t25-,26+,27-/m0/s1. The molecule has 0 aromatic heterocycles. The maximum atomic E-state index is 14.1. The lowest BCUT2D eigenvalue weighted by molar-refractivity contribution is -0.0585. The van der Waals surface area contributed by atoms with Gasteiger partial charge in [0.15, 0.2) is 0 Å². The molecule has 0 bridgehead atoms. The number of aliphatic hydroxyl groups is 1. The second kappa shape index (κ2) is 10.1. The van der Waals surface area contributed by atoms with E-state index in [1.807, 2.05) is 18.2 Å². The number of fused-ring (bicyclic) bond motifs is 1. The highest BCUT2D eigenvalue weighted by Gasteiger charge is 2.49. The zero-order valence-electron chi connectivity index (χ0n) is 19.4. The quantitative estimate of drug-likeness (QED) is 0.551. The zero-order valence-corrected chi connectivity index (χ0v) is 19.4. The summed E-state index contributed by atoms with van der Waals surface area (Å²) in [6.07, 6.45) is 1.70. The number of benzene rings is 3. The van der Waals surface area contributed by atoms with Crippen LogP contribution in [0.2, 0.25) is 0 Å². The van der Waals surface area contributed by atoms with Crippen LogP contribution in [-0.4, -0.2) is 59.3 Å². The van der Waals surface area contributed by atoms with Crippen LogP contribution in [0.25, 0.3) is 11.1 Å². The number of aliphatic hydroxyl groups excluding tert-OH is 1. The second-order valence-corrected chi connectivity index (χ2v) is 9.28. The van der Waals surface area contributed by atoms with Gasteiger partial charge < -0.3 is 15.3 Å². The molecule has 2 heterocycles. The van der Waals surface area contributed by atoms with Crippen molar-refractivity contribution in [3.05, 3.63) is 90.0 Å². The van der Waals surface area contributed by atoms with Crippen molar-refractivity contribution in [3.8, 4) is 11.1 Å². The Kier molecular flexibility index (Phi) is 6.79. The third-order valence-corrected chi connectivity index (χ3v) is 7.23. The van der Waals surface area contributed by atoms with Gasteiger partial charge in [-0.15, -0.1) is 0 Å². The maximum Gasteiger partial charge on any atom is 0.321 e. The topological polar surface area (TPSA) is 55.8 Å². The number of anilines is 1. The summed E-state index contributed by atoms with van der Waals surface area (Å²) in [6, 6.07) is 21.2. The molecule has 35 heavy (non-hydrogen) atoms. The van der Waals surface area contributed by atoms with Gasteiger partial charge in [-0.05, 0) is 48.2 Å². The third kappa shape index (κ3) is 4.79. The van der Waals surface area contributed by atoms with Gasteiger partial charge >= 0.3 is 6.03 Å². The Morgan fingerprint density at radius 2 is 1.66 bits per heavy atom. The van der Waals surface area contributed by atoms with Gasteiger partial charge in [0.1, 0.15) is 11.6 Å². The van der Waals surface area contributed by atoms with E-state index in [0.717, 1.165) is 54.3 Å². The highest BCUT2D eigenvalue weighted by Crippen LogP contribution is 2.42. The molecule has 2 amide bonds. The highest BCUT2D eigenvalue weighted by atomic mass is 19.1. The number of carbonyl (C=O) groups excluding carboxylic acids is 1. The fourth-order valence-corrected chi connectivity index (χ4v) is 5.44. The molecule has 0 saturated carbocycles. The Bertz CT molecular complexity index is 1170. The van der Waals surface area contributed by atoms with Gasteiger partial charge in [0, 0.05) is 37.2 Å². The van der Waals surface area contributed by atoms with Gasteiger partial charge in [0.2, 0.25) is 0 Å². The van der Waals surface area contributed by atoms with Crippen LogP contribution < -0.4 is 5.32 Å². The number of urea groups is 1. The molecule has 3 atom stereocenters. The predicted molar refractivity (Wildman–Crippen MR) is 132 cm³/mol. The van der Waals surface area contributed by atoms with Gasteiger partial charge in [-0.1, -0.05) is 54.6 Å². The smallest absolute Gasteiger partial charge is 0.321 e. The van der Waals surface area contributed by atoms with Crippen molar-refractivity contribution in [2.75, 3.05) is 31.6 Å². The number of amides is 2. The van der Waals surface area contributed by atoms with E-state index in [9.17, 15) is 18.7 Å². The molecule has 0 unspecified atom stereocenters. The van der Waals surface area contributed by atoms with E-state index >= 15 is 0 Å². The minimum Gasteiger partial charge on any atom is -0.395 e. The van der Waals surface area contributed by atoms with Gasteiger partial charge in [0.05, 0.1) is 12.3 Å². The first-order chi connectivity index (χ1) is 17.0. The average molecular weight is 478 g/mol. The monoisotopic (exact) mass is 477 g/mol. The molecular weight excluding hydrogens is 448 g/mol. The average Bonchev–Trinajstić information content (AvgIpc) is 2.86. The van der Waals surface area contributed by atoms with Crippen molar-refractivity contribution in [2.24, 2.45) is 0 Å². The summed E-state index contributed by atoms with van der Waals surface area (Å²) in [4.78, 5) is 17.0. The number of hydrogen-bond acceptors (Lipinski definition) is 3. The summed E-state index contributed by atoms with van der Waals surface area (Å²) in [5, 5.41) is 12.7. The molecule has 0 spiro atoms. The van der Waals surface area contributed by atoms with Crippen LogP contribution in [0.15, 0.2) is 72.8 Å². The fourth-order valence-electron chi connectivity index (χ4n) is 5.44. The molecule has 3 aromatic carbocycles. The van der Waals surface area contributed by atoms with E-state index in [4.69, 9.17) is 0 Å². The molecular formula is C28H29F2N3O2. The van der Waals surface area contributed by atoms with Crippen molar-refractivity contribution in [1.82, 2.24) is 9.80 Å². The van der Waals surface area contributed by atoms with Crippen LogP contribution in [0, 0.1) is 11.6 Å². The Balaban J connectivity index is 1.35. The minimum atomic E-state index is -0.672. The van der Waals surface area contributed by atoms with E-state index in [1.54, 1.807) is 4.90 Å². The summed E-state index contributed by atoms with van der Waals surface area (Å²) in [6.45, 7) is 1.89. The number of halogens is 2. The lowest BCUT2D eigenvalue weighted by Crippen LogP contribution is -2.68. The van der Waals surface area contributed by atoms with E-state index in [-0.39, 0.29) is 30.3 Å². The second-order valence-electron chi connectivity index (χ2n) is 9.28. The molecule has 5 nitrogen and oxygen atoms in total. The van der Waals surface area contributed by atoms with E-state index in [0.29, 0.717) is 13.1 Å². The van der Waals surface area contributed by atoms with E-state index in [1.165, 1.54) is 0 Å². The Hall–Kier alpha value is -3.29. The molecule has 0 aliphatic carbocycles. The summed E-state index contributed by atoms with van der Waals surface area (Å²) in [5.74, 6) is -1.21. The number of nitrogens with one attached hydrogen (secondary N) is 1. The Morgan fingerprint density at radius 3 is 2.40 bits per heavy atom. The lowest BCUT2D eigenvalue weighted by Gasteiger charge is -2.57. The molecule has 3 aromatic rings. The molecule has 2 saturated heterocycles. The largest absolute Gasteiger partial charge is 0.395 e. The maximum absolute atomic E-state index is 14.1. The van der Waals surface area contributed by atoms with Gasteiger partial charge in [-0.3, -0.25) is 4.90 Å². The highest BCUT2D eigenvalue weighted by molar-refractivity contribution is 5.89. The summed E-state index contributed by atoms with van der Waals surface area (Å²) in [7, 11) is 0. The van der Waals surface area contributed by atoms with Crippen molar-refractivity contribution in [2.45, 2.75) is 30.8 Å². The molecule has 7 heteroatoms. The van der Waals surface area contributed by atoms with Crippen LogP contribution >= 0.6 is 0 Å². The number of rotatable bonds is 4. The predicted octanol–water partition coefficient (Wildman–Crippen LogP) is 5.09. The lowest BCUT2D eigenvalue weighted by atomic mass is 9.74. The van der Waals surface area contributed by atoms with E-state index in [2.05, 4.69) is 46.6 Å². The Morgan fingerprint density at radius 1 is 0.943 bits per heavy atom. The van der Waals surface area contributed by atoms with Crippen LogP contribution in [0.5, 0.6) is 0 Å². The molecule has 5 rings (SSSR count). The normalized spacial score (nSPS) is 22.5. The Labute approximate surface area is 204 Å². The van der Waals surface area contributed by atoms with Gasteiger partial charge in [-0.25, -0.2) is 13.6 Å². The number of nitrogens with zero attached hydrogens (tertiary/aromatic N) is 2. The molecule has 182 valence electrons. The van der Waals surface area contributed by atoms with Crippen LogP contribution in [-0.2, 0) is 0 Å².